The van der Waals surface area contributed by atoms with E-state index in [1.165, 1.54) is 0 Å². The van der Waals surface area contributed by atoms with Gasteiger partial charge in [-0.1, -0.05) is 0 Å². The van der Waals surface area contributed by atoms with Gasteiger partial charge in [0.05, 0.1) is 11.9 Å². The summed E-state index contributed by atoms with van der Waals surface area (Å²) in [7, 11) is 3.58. The van der Waals surface area contributed by atoms with E-state index in [-0.39, 0.29) is 5.91 Å². The van der Waals surface area contributed by atoms with Crippen LogP contribution in [0.5, 0.6) is 0 Å². The Morgan fingerprint density at radius 2 is 2.32 bits per heavy atom. The lowest BCUT2D eigenvalue weighted by molar-refractivity contribution is -0.120. The Hall–Kier alpha value is -2.05. The number of carbonyl (C=O) groups is 1. The van der Waals surface area contributed by atoms with E-state index in [1.54, 1.807) is 22.8 Å². The third kappa shape index (κ3) is 2.86. The smallest absolute Gasteiger partial charge is 0.246 e. The summed E-state index contributed by atoms with van der Waals surface area (Å²) < 4.78 is 1.70. The molecule has 0 aromatic carbocycles. The number of nitrogens with zero attached hydrogens (tertiary/aromatic N) is 5. The largest absolute Gasteiger partial charge is 0.357 e. The van der Waals surface area contributed by atoms with Gasteiger partial charge in [-0.25, -0.2) is 0 Å². The van der Waals surface area contributed by atoms with Crippen molar-refractivity contribution in [2.24, 2.45) is 12.0 Å². The number of guanidine groups is 1. The summed E-state index contributed by atoms with van der Waals surface area (Å²) in [5, 5.41) is 7.27. The van der Waals surface area contributed by atoms with Gasteiger partial charge in [0.15, 0.2) is 5.96 Å². The molecule has 1 aromatic rings. The van der Waals surface area contributed by atoms with Crippen LogP contribution in [-0.2, 0) is 11.8 Å². The molecule has 0 atom stereocenters. The Morgan fingerprint density at radius 1 is 1.53 bits per heavy atom. The third-order valence-electron chi connectivity index (χ3n) is 3.07. The predicted molar refractivity (Wildman–Crippen MR) is 74.2 cm³/mol. The van der Waals surface area contributed by atoms with Crippen LogP contribution in [0.25, 0.3) is 0 Å². The van der Waals surface area contributed by atoms with Gasteiger partial charge in [-0.05, 0) is 6.92 Å². The van der Waals surface area contributed by atoms with E-state index in [4.69, 9.17) is 0 Å². The summed E-state index contributed by atoms with van der Waals surface area (Å²) >= 11 is 0. The lowest BCUT2D eigenvalue weighted by Crippen LogP contribution is -2.55. The minimum absolute atomic E-state index is 0.0679. The number of hydrogen-bond acceptors (Lipinski definition) is 3. The average Bonchev–Trinajstić information content (AvgIpc) is 2.82. The summed E-state index contributed by atoms with van der Waals surface area (Å²) in [4.78, 5) is 20.1. The van der Waals surface area contributed by atoms with Crippen LogP contribution < -0.4 is 10.2 Å². The number of rotatable bonds is 2. The van der Waals surface area contributed by atoms with Crippen molar-refractivity contribution < 1.29 is 4.79 Å². The second-order valence-electron chi connectivity index (χ2n) is 4.42. The molecule has 1 saturated heterocycles. The van der Waals surface area contributed by atoms with Gasteiger partial charge in [0, 0.05) is 39.9 Å². The van der Waals surface area contributed by atoms with Crippen LogP contribution in [-0.4, -0.2) is 59.8 Å². The number of hydrogen-bond donors (Lipinski definition) is 1. The van der Waals surface area contributed by atoms with E-state index in [1.807, 2.05) is 25.1 Å². The fraction of sp³-hybridized carbons (Fsp3) is 0.583. The second kappa shape index (κ2) is 5.73. The molecule has 0 saturated carbocycles. The summed E-state index contributed by atoms with van der Waals surface area (Å²) in [5.74, 6) is 0.847. The van der Waals surface area contributed by atoms with Gasteiger partial charge in [0.2, 0.25) is 5.91 Å². The summed E-state index contributed by atoms with van der Waals surface area (Å²) in [6.07, 6.45) is 3.57. The number of aromatic nitrogens is 2. The molecule has 0 aliphatic carbocycles. The van der Waals surface area contributed by atoms with Crippen LogP contribution in [0.3, 0.4) is 0 Å². The van der Waals surface area contributed by atoms with E-state index in [0.29, 0.717) is 13.1 Å². The molecule has 0 spiro atoms. The standard InChI is InChI=1S/C12H20N6O/c1-4-14-12(13-2)17-5-6-18(11(19)9-17)10-7-15-16(3)8-10/h7-8H,4-6,9H2,1-3H3,(H,13,14). The number of carbonyl (C=O) groups excluding carboxylic acids is 1. The minimum atomic E-state index is 0.0679. The molecular formula is C12H20N6O. The van der Waals surface area contributed by atoms with Gasteiger partial charge in [0.1, 0.15) is 6.54 Å². The average molecular weight is 264 g/mol. The summed E-state index contributed by atoms with van der Waals surface area (Å²) in [6.45, 7) is 4.56. The molecule has 0 unspecified atom stereocenters. The predicted octanol–water partition coefficient (Wildman–Crippen LogP) is -0.336. The molecular weight excluding hydrogens is 244 g/mol. The third-order valence-corrected chi connectivity index (χ3v) is 3.07. The van der Waals surface area contributed by atoms with Crippen LogP contribution in [0.2, 0.25) is 0 Å². The summed E-state index contributed by atoms with van der Waals surface area (Å²) in [5.41, 5.74) is 0.852. The molecule has 7 heteroatoms. The van der Waals surface area contributed by atoms with Crippen LogP contribution in [0.4, 0.5) is 5.69 Å². The van der Waals surface area contributed by atoms with Gasteiger partial charge in [-0.15, -0.1) is 0 Å². The van der Waals surface area contributed by atoms with Crippen molar-refractivity contribution in [1.29, 1.82) is 0 Å². The molecule has 1 N–H and O–H groups in total. The first-order valence-electron chi connectivity index (χ1n) is 6.40. The SMILES string of the molecule is CCNC(=NC)N1CCN(c2cnn(C)c2)C(=O)C1. The van der Waals surface area contributed by atoms with Crippen molar-refractivity contribution >= 4 is 17.6 Å². The number of piperazine rings is 1. The monoisotopic (exact) mass is 264 g/mol. The van der Waals surface area contributed by atoms with Gasteiger partial charge < -0.3 is 15.1 Å². The highest BCUT2D eigenvalue weighted by molar-refractivity contribution is 5.98. The zero-order chi connectivity index (χ0) is 13.8. The maximum atomic E-state index is 12.2. The van der Waals surface area contributed by atoms with Crippen molar-refractivity contribution in [3.63, 3.8) is 0 Å². The lowest BCUT2D eigenvalue weighted by atomic mass is 10.3. The molecule has 104 valence electrons. The highest BCUT2D eigenvalue weighted by Gasteiger charge is 2.27. The van der Waals surface area contributed by atoms with Crippen LogP contribution in [0, 0.1) is 0 Å². The highest BCUT2D eigenvalue weighted by atomic mass is 16.2. The normalized spacial score (nSPS) is 17.0. The van der Waals surface area contributed by atoms with Crippen molar-refractivity contribution in [3.8, 4) is 0 Å². The second-order valence-corrected chi connectivity index (χ2v) is 4.42. The van der Waals surface area contributed by atoms with Gasteiger partial charge >= 0.3 is 0 Å². The van der Waals surface area contributed by atoms with Gasteiger partial charge in [0.25, 0.3) is 0 Å². The molecule has 2 rings (SSSR count). The number of anilines is 1. The molecule has 7 nitrogen and oxygen atoms in total. The van der Waals surface area contributed by atoms with Crippen LogP contribution >= 0.6 is 0 Å². The highest BCUT2D eigenvalue weighted by Crippen LogP contribution is 2.15. The molecule has 1 aliphatic heterocycles. The molecule has 0 radical (unpaired) electrons. The number of aryl methyl sites for hydroxylation is 1. The topological polar surface area (TPSA) is 65.8 Å². The first kappa shape index (κ1) is 13.4. The van der Waals surface area contributed by atoms with Crippen LogP contribution in [0.15, 0.2) is 17.4 Å². The zero-order valence-electron chi connectivity index (χ0n) is 11.6. The molecule has 0 bridgehead atoms. The Kier molecular flexibility index (Phi) is 4.03. The van der Waals surface area contributed by atoms with E-state index in [0.717, 1.165) is 24.7 Å². The van der Waals surface area contributed by atoms with E-state index >= 15 is 0 Å². The molecule has 1 aromatic heterocycles. The fourth-order valence-electron chi connectivity index (χ4n) is 2.17. The van der Waals surface area contributed by atoms with Crippen LogP contribution in [0.1, 0.15) is 6.92 Å². The lowest BCUT2D eigenvalue weighted by Gasteiger charge is -2.35. The maximum absolute atomic E-state index is 12.2. The summed E-state index contributed by atoms with van der Waals surface area (Å²) in [6, 6.07) is 0. The number of amides is 1. The van der Waals surface area contributed by atoms with E-state index < -0.39 is 0 Å². The van der Waals surface area contributed by atoms with Crippen molar-refractivity contribution in [2.45, 2.75) is 6.92 Å². The number of aliphatic imine (C=N–C) groups is 1. The van der Waals surface area contributed by atoms with Gasteiger partial charge in [-0.2, -0.15) is 5.10 Å². The first-order valence-corrected chi connectivity index (χ1v) is 6.40. The zero-order valence-corrected chi connectivity index (χ0v) is 11.6. The fourth-order valence-corrected chi connectivity index (χ4v) is 2.17. The molecule has 1 amide bonds. The first-order chi connectivity index (χ1) is 9.15. The van der Waals surface area contributed by atoms with Crippen molar-refractivity contribution in [2.75, 3.05) is 38.1 Å². The molecule has 19 heavy (non-hydrogen) atoms. The number of nitrogens with one attached hydrogen (secondary N) is 1. The Balaban J connectivity index is 2.04. The quantitative estimate of drug-likeness (QED) is 0.586. The molecule has 1 fully saturated rings. The molecule has 1 aliphatic rings. The molecule has 2 heterocycles. The maximum Gasteiger partial charge on any atom is 0.246 e. The van der Waals surface area contributed by atoms with E-state index in [2.05, 4.69) is 15.4 Å². The Labute approximate surface area is 112 Å². The minimum Gasteiger partial charge on any atom is -0.357 e. The Morgan fingerprint density at radius 3 is 2.84 bits per heavy atom. The van der Waals surface area contributed by atoms with Gasteiger partial charge in [-0.3, -0.25) is 14.5 Å². The van der Waals surface area contributed by atoms with Crippen molar-refractivity contribution in [3.05, 3.63) is 12.4 Å². The van der Waals surface area contributed by atoms with Crippen molar-refractivity contribution in [1.82, 2.24) is 20.0 Å². The van der Waals surface area contributed by atoms with E-state index in [9.17, 15) is 4.79 Å². The Bertz CT molecular complexity index is 480.